The second-order valence-corrected chi connectivity index (χ2v) is 6.37. The molecule has 2 aliphatic heterocycles. The van der Waals surface area contributed by atoms with Crippen LogP contribution in [0.15, 0.2) is 29.3 Å². The number of ether oxygens (including phenoxy) is 1. The van der Waals surface area contributed by atoms with E-state index >= 15 is 0 Å². The third kappa shape index (κ3) is 3.87. The van der Waals surface area contributed by atoms with Gasteiger partial charge in [0.25, 0.3) is 0 Å². The summed E-state index contributed by atoms with van der Waals surface area (Å²) in [6.07, 6.45) is 1.26. The van der Waals surface area contributed by atoms with Crippen LogP contribution in [-0.2, 0) is 11.2 Å². The van der Waals surface area contributed by atoms with Crippen molar-refractivity contribution in [3.63, 3.8) is 0 Å². The van der Waals surface area contributed by atoms with E-state index in [2.05, 4.69) is 21.8 Å². The van der Waals surface area contributed by atoms with Crippen LogP contribution in [0, 0.1) is 0 Å². The summed E-state index contributed by atoms with van der Waals surface area (Å²) in [5.41, 5.74) is 1.15. The summed E-state index contributed by atoms with van der Waals surface area (Å²) in [4.78, 5) is 23.6. The molecule has 0 radical (unpaired) electrons. The van der Waals surface area contributed by atoms with Crippen LogP contribution in [0.5, 0.6) is 5.75 Å². The third-order valence-electron chi connectivity index (χ3n) is 4.69. The fourth-order valence-corrected chi connectivity index (χ4v) is 3.13. The lowest BCUT2D eigenvalue weighted by molar-refractivity contribution is -0.127. The Hall–Kier alpha value is -2.08. The Morgan fingerprint density at radius 1 is 1.12 bits per heavy atom. The summed E-state index contributed by atoms with van der Waals surface area (Å²) >= 11 is 0. The smallest absolute Gasteiger partial charge is 0.229 e. The van der Waals surface area contributed by atoms with Crippen LogP contribution in [0.4, 0.5) is 0 Å². The van der Waals surface area contributed by atoms with Crippen LogP contribution >= 0.6 is 0 Å². The second-order valence-electron chi connectivity index (χ2n) is 6.37. The number of likely N-dealkylation sites (N-methyl/N-ethyl adjacent to an activating group) is 1. The van der Waals surface area contributed by atoms with Gasteiger partial charge in [0.15, 0.2) is 0 Å². The fourth-order valence-electron chi connectivity index (χ4n) is 3.13. The maximum atomic E-state index is 12.6. The molecule has 130 valence electrons. The van der Waals surface area contributed by atoms with Crippen LogP contribution in [0.2, 0.25) is 0 Å². The largest absolute Gasteiger partial charge is 0.497 e. The van der Waals surface area contributed by atoms with Crippen molar-refractivity contribution in [1.82, 2.24) is 14.7 Å². The number of carbonyl (C=O) groups excluding carboxylic acids is 1. The minimum Gasteiger partial charge on any atom is -0.497 e. The lowest BCUT2D eigenvalue weighted by Gasteiger charge is -2.36. The van der Waals surface area contributed by atoms with Gasteiger partial charge >= 0.3 is 0 Å². The van der Waals surface area contributed by atoms with E-state index in [1.54, 1.807) is 7.11 Å². The van der Waals surface area contributed by atoms with Gasteiger partial charge in [-0.25, -0.2) is 0 Å². The van der Waals surface area contributed by atoms with Gasteiger partial charge in [-0.15, -0.1) is 0 Å². The van der Waals surface area contributed by atoms with Gasteiger partial charge in [-0.05, 0) is 31.2 Å². The maximum absolute atomic E-state index is 12.6. The Kier molecular flexibility index (Phi) is 5.35. The first-order valence-electron chi connectivity index (χ1n) is 8.58. The number of methoxy groups -OCH3 is 1. The minimum absolute atomic E-state index is 0.168. The third-order valence-corrected chi connectivity index (χ3v) is 4.69. The van der Waals surface area contributed by atoms with Gasteiger partial charge in [-0.3, -0.25) is 14.7 Å². The first-order chi connectivity index (χ1) is 11.7. The van der Waals surface area contributed by atoms with Crippen molar-refractivity contribution in [2.24, 2.45) is 4.99 Å². The van der Waals surface area contributed by atoms with E-state index in [-0.39, 0.29) is 5.91 Å². The zero-order valence-electron chi connectivity index (χ0n) is 14.6. The number of carbonyl (C=O) groups is 1. The first kappa shape index (κ1) is 16.8. The van der Waals surface area contributed by atoms with Crippen molar-refractivity contribution >= 4 is 11.9 Å². The van der Waals surface area contributed by atoms with E-state index < -0.39 is 0 Å². The number of piperazine rings is 1. The molecule has 24 heavy (non-hydrogen) atoms. The van der Waals surface area contributed by atoms with E-state index in [1.807, 2.05) is 29.2 Å². The quantitative estimate of drug-likeness (QED) is 0.829. The molecule has 6 nitrogen and oxygen atoms in total. The molecule has 6 heteroatoms. The van der Waals surface area contributed by atoms with E-state index in [1.165, 1.54) is 0 Å². The topological polar surface area (TPSA) is 48.4 Å². The van der Waals surface area contributed by atoms with Crippen LogP contribution in [0.1, 0.15) is 12.0 Å². The van der Waals surface area contributed by atoms with Crippen molar-refractivity contribution in [3.8, 4) is 5.75 Å². The average Bonchev–Trinajstić information content (AvgIpc) is 3.10. The summed E-state index contributed by atoms with van der Waals surface area (Å²) < 4.78 is 5.16. The van der Waals surface area contributed by atoms with Crippen molar-refractivity contribution in [3.05, 3.63) is 29.8 Å². The number of guanidine groups is 1. The predicted molar refractivity (Wildman–Crippen MR) is 94.4 cm³/mol. The van der Waals surface area contributed by atoms with E-state index in [0.717, 1.165) is 56.4 Å². The molecular formula is C18H26N4O2. The Morgan fingerprint density at radius 2 is 1.83 bits per heavy atom. The van der Waals surface area contributed by atoms with E-state index in [9.17, 15) is 4.79 Å². The number of hydrogen-bond donors (Lipinski definition) is 0. The van der Waals surface area contributed by atoms with Gasteiger partial charge in [0.05, 0.1) is 13.7 Å². The highest BCUT2D eigenvalue weighted by Crippen LogP contribution is 2.15. The molecule has 3 rings (SSSR count). The van der Waals surface area contributed by atoms with Crippen LogP contribution in [-0.4, -0.2) is 80.0 Å². The lowest BCUT2D eigenvalue weighted by Crippen LogP contribution is -2.52. The molecule has 0 saturated carbocycles. The van der Waals surface area contributed by atoms with Gasteiger partial charge in [0.1, 0.15) is 5.75 Å². The number of nitrogens with zero attached hydrogens (tertiary/aromatic N) is 4. The van der Waals surface area contributed by atoms with Gasteiger partial charge in [-0.1, -0.05) is 12.1 Å². The molecule has 1 fully saturated rings. The van der Waals surface area contributed by atoms with Gasteiger partial charge in [0, 0.05) is 39.1 Å². The number of aliphatic imine (C=N–C) groups is 1. The van der Waals surface area contributed by atoms with Gasteiger partial charge in [0.2, 0.25) is 11.9 Å². The molecule has 0 aromatic heterocycles. The predicted octanol–water partition coefficient (Wildman–Crippen LogP) is 1.07. The van der Waals surface area contributed by atoms with Crippen molar-refractivity contribution in [2.75, 3.05) is 53.4 Å². The maximum Gasteiger partial charge on any atom is 0.229 e. The van der Waals surface area contributed by atoms with Crippen molar-refractivity contribution < 1.29 is 9.53 Å². The molecule has 0 spiro atoms. The molecule has 0 unspecified atom stereocenters. The Morgan fingerprint density at radius 3 is 2.50 bits per heavy atom. The number of benzene rings is 1. The summed E-state index contributed by atoms with van der Waals surface area (Å²) in [5.74, 6) is 1.89. The Balaban J connectivity index is 1.55. The summed E-state index contributed by atoms with van der Waals surface area (Å²) in [7, 11) is 3.79. The Labute approximate surface area is 143 Å². The van der Waals surface area contributed by atoms with Gasteiger partial charge in [-0.2, -0.15) is 0 Å². The zero-order chi connectivity index (χ0) is 16.9. The molecule has 0 N–H and O–H groups in total. The molecule has 1 saturated heterocycles. The first-order valence-corrected chi connectivity index (χ1v) is 8.58. The molecule has 0 atom stereocenters. The number of amides is 1. The van der Waals surface area contributed by atoms with Crippen LogP contribution in [0.25, 0.3) is 0 Å². The fraction of sp³-hybridized carbons (Fsp3) is 0.556. The highest BCUT2D eigenvalue weighted by molar-refractivity contribution is 5.98. The highest BCUT2D eigenvalue weighted by atomic mass is 16.5. The zero-order valence-corrected chi connectivity index (χ0v) is 14.6. The molecule has 1 amide bonds. The molecule has 1 aromatic rings. The minimum atomic E-state index is 0.168. The molecule has 2 aliphatic rings. The molecule has 0 bridgehead atoms. The van der Waals surface area contributed by atoms with Gasteiger partial charge < -0.3 is 14.5 Å². The highest BCUT2D eigenvalue weighted by Gasteiger charge is 2.29. The van der Waals surface area contributed by atoms with E-state index in [0.29, 0.717) is 13.0 Å². The summed E-state index contributed by atoms with van der Waals surface area (Å²) in [5, 5.41) is 0. The number of rotatable bonds is 4. The standard InChI is InChI=1S/C18H26N4O2/c1-20-11-13-21(14-12-20)18-19-9-10-22(18)17(23)8-5-15-3-6-16(24-2)7-4-15/h3-4,6-7H,5,8-14H2,1-2H3. The SMILES string of the molecule is COc1ccc(CCC(=O)N2CCN=C2N2CCN(C)CC2)cc1. The average molecular weight is 330 g/mol. The van der Waals surface area contributed by atoms with Crippen LogP contribution in [0.3, 0.4) is 0 Å². The van der Waals surface area contributed by atoms with E-state index in [4.69, 9.17) is 4.74 Å². The van der Waals surface area contributed by atoms with Crippen molar-refractivity contribution in [2.45, 2.75) is 12.8 Å². The molecule has 0 aliphatic carbocycles. The van der Waals surface area contributed by atoms with Crippen molar-refractivity contribution in [1.29, 1.82) is 0 Å². The monoisotopic (exact) mass is 330 g/mol. The molecule has 1 aromatic carbocycles. The second kappa shape index (κ2) is 7.66. The van der Waals surface area contributed by atoms with Crippen LogP contribution < -0.4 is 4.74 Å². The molecular weight excluding hydrogens is 304 g/mol. The number of hydrogen-bond acceptors (Lipinski definition) is 5. The summed E-state index contributed by atoms with van der Waals surface area (Å²) in [6.45, 7) is 5.36. The lowest BCUT2D eigenvalue weighted by atomic mass is 10.1. The molecule has 2 heterocycles. The normalized spacial score (nSPS) is 18.7. The number of aryl methyl sites for hydroxylation is 1. The Bertz CT molecular complexity index is 592. The summed E-state index contributed by atoms with van der Waals surface area (Å²) in [6, 6.07) is 7.91.